The number of nitrogens with one attached hydrogen (secondary N) is 2. The van der Waals surface area contributed by atoms with Gasteiger partial charge in [-0.25, -0.2) is 0 Å². The maximum atomic E-state index is 11.4. The van der Waals surface area contributed by atoms with Crippen LogP contribution in [0.1, 0.15) is 45.4 Å². The maximum Gasteiger partial charge on any atom is 0.236 e. The first-order valence-electron chi connectivity index (χ1n) is 6.78. The monoisotopic (exact) mass is 240 g/mol. The molecule has 2 N–H and O–H groups in total. The number of likely N-dealkylation sites (N-methyl/N-ethyl adjacent to an activating group) is 1. The van der Waals surface area contributed by atoms with Crippen LogP contribution >= 0.6 is 0 Å². The summed E-state index contributed by atoms with van der Waals surface area (Å²) in [5.74, 6) is 0.0403. The predicted octanol–water partition coefficient (Wildman–Crippen LogP) is 1.20. The number of carbonyl (C=O) groups excluding carboxylic acids is 1. The first-order valence-corrected chi connectivity index (χ1v) is 6.78. The van der Waals surface area contributed by atoms with Gasteiger partial charge in [0.25, 0.3) is 0 Å². The van der Waals surface area contributed by atoms with Crippen molar-refractivity contribution in [2.24, 2.45) is 0 Å². The summed E-state index contributed by atoms with van der Waals surface area (Å²) in [7, 11) is 1.67. The van der Waals surface area contributed by atoms with Crippen molar-refractivity contribution in [2.75, 3.05) is 13.6 Å². The summed E-state index contributed by atoms with van der Waals surface area (Å²) in [6.45, 7) is 2.68. The molecule has 0 radical (unpaired) electrons. The van der Waals surface area contributed by atoms with Gasteiger partial charge in [0, 0.05) is 13.6 Å². The van der Waals surface area contributed by atoms with E-state index in [0.717, 1.165) is 13.0 Å². The molecule has 1 heterocycles. The Hall–Kier alpha value is -0.610. The molecule has 1 saturated carbocycles. The minimum atomic E-state index is -0.135. The SMILES string of the molecule is CNC(=O)C(C)NCC1CCC2(CCCC2)O1. The molecule has 98 valence electrons. The number of amides is 1. The van der Waals surface area contributed by atoms with Crippen molar-refractivity contribution in [1.82, 2.24) is 10.6 Å². The first-order chi connectivity index (χ1) is 8.15. The van der Waals surface area contributed by atoms with Crippen molar-refractivity contribution < 1.29 is 9.53 Å². The van der Waals surface area contributed by atoms with E-state index in [1.165, 1.54) is 32.1 Å². The fourth-order valence-electron chi connectivity index (χ4n) is 3.04. The molecular formula is C13H24N2O2. The lowest BCUT2D eigenvalue weighted by Crippen LogP contribution is -2.44. The number of ether oxygens (including phenoxy) is 1. The van der Waals surface area contributed by atoms with Crippen LogP contribution in [0, 0.1) is 0 Å². The molecule has 4 nitrogen and oxygen atoms in total. The maximum absolute atomic E-state index is 11.4. The number of hydrogen-bond donors (Lipinski definition) is 2. The summed E-state index contributed by atoms with van der Waals surface area (Å²) >= 11 is 0. The van der Waals surface area contributed by atoms with E-state index in [1.54, 1.807) is 7.05 Å². The Morgan fingerprint density at radius 2 is 2.12 bits per heavy atom. The Morgan fingerprint density at radius 3 is 2.76 bits per heavy atom. The molecule has 2 fully saturated rings. The van der Waals surface area contributed by atoms with Crippen LogP contribution < -0.4 is 10.6 Å². The Bertz CT molecular complexity index is 275. The molecule has 0 aromatic carbocycles. The standard InChI is InChI=1S/C13H24N2O2/c1-10(12(16)14-2)15-9-11-5-8-13(17-11)6-3-4-7-13/h10-11,15H,3-9H2,1-2H3,(H,14,16). The predicted molar refractivity (Wildman–Crippen MR) is 66.8 cm³/mol. The lowest BCUT2D eigenvalue weighted by Gasteiger charge is -2.24. The number of hydrogen-bond acceptors (Lipinski definition) is 3. The highest BCUT2D eigenvalue weighted by Gasteiger charge is 2.41. The lowest BCUT2D eigenvalue weighted by molar-refractivity contribution is -0.122. The van der Waals surface area contributed by atoms with E-state index in [0.29, 0.717) is 6.10 Å². The van der Waals surface area contributed by atoms with Crippen LogP contribution in [-0.2, 0) is 9.53 Å². The van der Waals surface area contributed by atoms with Gasteiger partial charge in [0.2, 0.25) is 5.91 Å². The average molecular weight is 240 g/mol. The molecule has 0 aromatic rings. The van der Waals surface area contributed by atoms with Gasteiger partial charge >= 0.3 is 0 Å². The van der Waals surface area contributed by atoms with Crippen LogP contribution in [0.25, 0.3) is 0 Å². The molecule has 17 heavy (non-hydrogen) atoms. The second kappa shape index (κ2) is 5.36. The highest BCUT2D eigenvalue weighted by molar-refractivity contribution is 5.80. The highest BCUT2D eigenvalue weighted by Crippen LogP contribution is 2.43. The Kier molecular flexibility index (Phi) is 4.05. The molecule has 0 aromatic heterocycles. The second-order valence-electron chi connectivity index (χ2n) is 5.41. The summed E-state index contributed by atoms with van der Waals surface area (Å²) in [6, 6.07) is -0.135. The zero-order valence-electron chi connectivity index (χ0n) is 10.9. The zero-order chi connectivity index (χ0) is 12.3. The second-order valence-corrected chi connectivity index (χ2v) is 5.41. The van der Waals surface area contributed by atoms with Crippen LogP contribution in [0.5, 0.6) is 0 Å². The van der Waals surface area contributed by atoms with E-state index in [1.807, 2.05) is 6.92 Å². The van der Waals surface area contributed by atoms with E-state index >= 15 is 0 Å². The van der Waals surface area contributed by atoms with Gasteiger partial charge in [0.1, 0.15) is 0 Å². The molecule has 1 aliphatic heterocycles. The highest BCUT2D eigenvalue weighted by atomic mass is 16.5. The van der Waals surface area contributed by atoms with Crippen molar-refractivity contribution in [3.63, 3.8) is 0 Å². The number of rotatable bonds is 4. The van der Waals surface area contributed by atoms with E-state index < -0.39 is 0 Å². The summed E-state index contributed by atoms with van der Waals surface area (Å²) in [6.07, 6.45) is 7.72. The molecule has 2 atom stereocenters. The third-order valence-corrected chi connectivity index (χ3v) is 4.14. The van der Waals surface area contributed by atoms with Crippen LogP contribution in [0.15, 0.2) is 0 Å². The van der Waals surface area contributed by atoms with Crippen molar-refractivity contribution in [2.45, 2.75) is 63.2 Å². The third-order valence-electron chi connectivity index (χ3n) is 4.14. The van der Waals surface area contributed by atoms with Gasteiger partial charge in [-0.1, -0.05) is 12.8 Å². The smallest absolute Gasteiger partial charge is 0.236 e. The minimum absolute atomic E-state index is 0.0403. The summed E-state index contributed by atoms with van der Waals surface area (Å²) in [5, 5.41) is 5.89. The third kappa shape index (κ3) is 2.99. The Balaban J connectivity index is 1.73. The molecule has 1 aliphatic carbocycles. The normalized spacial score (nSPS) is 28.5. The fraction of sp³-hybridized carbons (Fsp3) is 0.923. The molecule has 2 rings (SSSR count). The van der Waals surface area contributed by atoms with Crippen molar-refractivity contribution in [1.29, 1.82) is 0 Å². The molecule has 1 amide bonds. The van der Waals surface area contributed by atoms with Crippen LogP contribution in [0.3, 0.4) is 0 Å². The fourth-order valence-corrected chi connectivity index (χ4v) is 3.04. The van der Waals surface area contributed by atoms with Crippen LogP contribution in [0.2, 0.25) is 0 Å². The van der Waals surface area contributed by atoms with Gasteiger partial charge in [-0.3, -0.25) is 4.79 Å². The van der Waals surface area contributed by atoms with Gasteiger partial charge < -0.3 is 15.4 Å². The van der Waals surface area contributed by atoms with Crippen molar-refractivity contribution in [3.05, 3.63) is 0 Å². The molecule has 1 spiro atoms. The molecule has 2 aliphatic rings. The van der Waals surface area contributed by atoms with Crippen LogP contribution in [-0.4, -0.2) is 37.2 Å². The summed E-state index contributed by atoms with van der Waals surface area (Å²) in [5.41, 5.74) is 0.197. The summed E-state index contributed by atoms with van der Waals surface area (Å²) < 4.78 is 6.18. The van der Waals surface area contributed by atoms with Crippen molar-refractivity contribution >= 4 is 5.91 Å². The first kappa shape index (κ1) is 12.8. The minimum Gasteiger partial charge on any atom is -0.370 e. The van der Waals surface area contributed by atoms with Gasteiger partial charge in [0.15, 0.2) is 0 Å². The van der Waals surface area contributed by atoms with E-state index in [2.05, 4.69) is 10.6 Å². The van der Waals surface area contributed by atoms with Gasteiger partial charge in [0.05, 0.1) is 17.7 Å². The van der Waals surface area contributed by atoms with E-state index in [9.17, 15) is 4.79 Å². The van der Waals surface area contributed by atoms with Gasteiger partial charge in [-0.2, -0.15) is 0 Å². The molecule has 4 heteroatoms. The van der Waals surface area contributed by atoms with E-state index in [4.69, 9.17) is 4.74 Å². The largest absolute Gasteiger partial charge is 0.370 e. The molecule has 0 bridgehead atoms. The Labute approximate surface area is 103 Å². The lowest BCUT2D eigenvalue weighted by atomic mass is 9.98. The van der Waals surface area contributed by atoms with Crippen LogP contribution in [0.4, 0.5) is 0 Å². The number of carbonyl (C=O) groups is 1. The quantitative estimate of drug-likeness (QED) is 0.776. The topological polar surface area (TPSA) is 50.4 Å². The summed E-state index contributed by atoms with van der Waals surface area (Å²) in [4.78, 5) is 11.4. The Morgan fingerprint density at radius 1 is 1.41 bits per heavy atom. The average Bonchev–Trinajstić information content (AvgIpc) is 2.96. The van der Waals surface area contributed by atoms with Crippen molar-refractivity contribution in [3.8, 4) is 0 Å². The van der Waals surface area contributed by atoms with Gasteiger partial charge in [-0.05, 0) is 32.6 Å². The molecular weight excluding hydrogens is 216 g/mol. The van der Waals surface area contributed by atoms with Gasteiger partial charge in [-0.15, -0.1) is 0 Å². The molecule has 2 unspecified atom stereocenters. The molecule has 1 saturated heterocycles. The zero-order valence-corrected chi connectivity index (χ0v) is 10.9. The van der Waals surface area contributed by atoms with E-state index in [-0.39, 0.29) is 17.6 Å².